The molecule has 2 aromatic rings. The standard InChI is InChI=1S/C32H45ClO5/c33-30(32(36)37)23-13-4-2-1-3-8-16-26-18-14-15-19-27(26)17-9-5-6-10-22-29(24-25-31(34)35)38-28-20-11-7-12-21-28/h7,11-12,14-15,18-21,29-30H,1-6,8-10,13,16-17,22-25H2,(H,34,35)(H,36,37). The Kier molecular flexibility index (Phi) is 16.3. The maximum absolute atomic E-state index is 11.0. The van der Waals surface area contributed by atoms with Crippen molar-refractivity contribution in [3.63, 3.8) is 0 Å². The molecule has 0 saturated carbocycles. The Labute approximate surface area is 233 Å². The second-order valence-electron chi connectivity index (χ2n) is 10.2. The van der Waals surface area contributed by atoms with E-state index in [9.17, 15) is 9.59 Å². The molecule has 0 spiro atoms. The van der Waals surface area contributed by atoms with Crippen LogP contribution in [0.5, 0.6) is 5.75 Å². The minimum Gasteiger partial charge on any atom is -0.490 e. The molecule has 5 nitrogen and oxygen atoms in total. The van der Waals surface area contributed by atoms with Crippen molar-refractivity contribution in [2.24, 2.45) is 0 Å². The molecule has 0 aliphatic carbocycles. The van der Waals surface area contributed by atoms with Crippen LogP contribution in [0.3, 0.4) is 0 Å². The van der Waals surface area contributed by atoms with Crippen LogP contribution in [0.2, 0.25) is 0 Å². The van der Waals surface area contributed by atoms with Gasteiger partial charge in [0, 0.05) is 6.42 Å². The molecule has 38 heavy (non-hydrogen) atoms. The number of hydrogen-bond acceptors (Lipinski definition) is 3. The molecule has 0 aliphatic heterocycles. The number of aliphatic carboxylic acids is 2. The number of carboxylic acids is 2. The third-order valence-corrected chi connectivity index (χ3v) is 7.39. The average Bonchev–Trinajstić information content (AvgIpc) is 2.91. The fraction of sp³-hybridized carbons (Fsp3) is 0.562. The summed E-state index contributed by atoms with van der Waals surface area (Å²) in [6.45, 7) is 0. The molecule has 2 rings (SSSR count). The van der Waals surface area contributed by atoms with Crippen molar-refractivity contribution in [3.05, 3.63) is 65.7 Å². The summed E-state index contributed by atoms with van der Waals surface area (Å²) in [6.07, 6.45) is 15.4. The van der Waals surface area contributed by atoms with Gasteiger partial charge in [0.2, 0.25) is 0 Å². The molecule has 2 aromatic carbocycles. The van der Waals surface area contributed by atoms with Gasteiger partial charge in [-0.05, 0) is 74.6 Å². The molecular formula is C32H45ClO5. The van der Waals surface area contributed by atoms with E-state index in [4.69, 9.17) is 26.6 Å². The van der Waals surface area contributed by atoms with Gasteiger partial charge in [0.25, 0.3) is 0 Å². The molecule has 6 heteroatoms. The predicted octanol–water partition coefficient (Wildman–Crippen LogP) is 8.46. The molecule has 0 aliphatic rings. The third kappa shape index (κ3) is 14.4. The Morgan fingerprint density at radius 3 is 1.71 bits per heavy atom. The Morgan fingerprint density at radius 1 is 0.658 bits per heavy atom. The van der Waals surface area contributed by atoms with Crippen molar-refractivity contribution >= 4 is 23.5 Å². The number of alkyl halides is 1. The molecule has 0 fully saturated rings. The van der Waals surface area contributed by atoms with Crippen LogP contribution >= 0.6 is 11.6 Å². The second kappa shape index (κ2) is 19.5. The summed E-state index contributed by atoms with van der Waals surface area (Å²) in [7, 11) is 0. The maximum atomic E-state index is 11.0. The SMILES string of the molecule is O=C(O)CCC(CCCCCCc1ccccc1CCCCCCCCC(Cl)C(=O)O)Oc1ccccc1. The molecule has 0 heterocycles. The molecular weight excluding hydrogens is 500 g/mol. The highest BCUT2D eigenvalue weighted by Gasteiger charge is 2.13. The summed E-state index contributed by atoms with van der Waals surface area (Å²) in [5, 5.41) is 17.1. The van der Waals surface area contributed by atoms with E-state index in [1.807, 2.05) is 30.3 Å². The number of unbranched alkanes of at least 4 members (excludes halogenated alkanes) is 8. The minimum absolute atomic E-state index is 0.0591. The third-order valence-electron chi connectivity index (χ3n) is 6.99. The van der Waals surface area contributed by atoms with Gasteiger partial charge >= 0.3 is 11.9 Å². The zero-order chi connectivity index (χ0) is 27.4. The highest BCUT2D eigenvalue weighted by molar-refractivity contribution is 6.29. The first-order valence-electron chi connectivity index (χ1n) is 14.3. The van der Waals surface area contributed by atoms with Gasteiger partial charge in [-0.2, -0.15) is 0 Å². The van der Waals surface area contributed by atoms with Gasteiger partial charge < -0.3 is 14.9 Å². The van der Waals surface area contributed by atoms with Gasteiger partial charge in [0.1, 0.15) is 11.1 Å². The first kappa shape index (κ1) is 31.7. The van der Waals surface area contributed by atoms with Crippen molar-refractivity contribution in [3.8, 4) is 5.75 Å². The number of halogens is 1. The van der Waals surface area contributed by atoms with Gasteiger partial charge in [0.15, 0.2) is 0 Å². The molecule has 2 N–H and O–H groups in total. The van der Waals surface area contributed by atoms with Crippen LogP contribution in [-0.4, -0.2) is 33.6 Å². The minimum atomic E-state index is -0.916. The van der Waals surface area contributed by atoms with E-state index in [1.165, 1.54) is 30.4 Å². The molecule has 2 atom stereocenters. The normalized spacial score (nSPS) is 12.7. The van der Waals surface area contributed by atoms with Gasteiger partial charge in [-0.1, -0.05) is 87.4 Å². The van der Waals surface area contributed by atoms with Crippen molar-refractivity contribution in [2.45, 2.75) is 114 Å². The number of para-hydroxylation sites is 1. The van der Waals surface area contributed by atoms with Crippen LogP contribution in [0.4, 0.5) is 0 Å². The highest BCUT2D eigenvalue weighted by atomic mass is 35.5. The first-order chi connectivity index (χ1) is 18.5. The molecule has 0 amide bonds. The van der Waals surface area contributed by atoms with Crippen molar-refractivity contribution < 1.29 is 24.5 Å². The van der Waals surface area contributed by atoms with Gasteiger partial charge in [-0.15, -0.1) is 11.6 Å². The Balaban J connectivity index is 1.60. The predicted molar refractivity (Wildman–Crippen MR) is 154 cm³/mol. The van der Waals surface area contributed by atoms with Gasteiger partial charge in [-0.25, -0.2) is 0 Å². The quantitative estimate of drug-likeness (QED) is 0.115. The number of hydrogen-bond donors (Lipinski definition) is 2. The average molecular weight is 545 g/mol. The zero-order valence-corrected chi connectivity index (χ0v) is 23.4. The summed E-state index contributed by atoms with van der Waals surface area (Å²) in [4.78, 5) is 21.8. The smallest absolute Gasteiger partial charge is 0.321 e. The Morgan fingerprint density at radius 2 is 1.16 bits per heavy atom. The van der Waals surface area contributed by atoms with E-state index in [2.05, 4.69) is 24.3 Å². The Hall–Kier alpha value is -2.53. The monoisotopic (exact) mass is 544 g/mol. The number of ether oxygens (including phenoxy) is 1. The molecule has 0 aromatic heterocycles. The summed E-state index contributed by atoms with van der Waals surface area (Å²) in [5.41, 5.74) is 2.92. The maximum Gasteiger partial charge on any atom is 0.321 e. The van der Waals surface area contributed by atoms with Crippen LogP contribution in [0.25, 0.3) is 0 Å². The van der Waals surface area contributed by atoms with E-state index in [0.717, 1.165) is 70.0 Å². The van der Waals surface area contributed by atoms with E-state index in [-0.39, 0.29) is 12.5 Å². The molecule has 2 unspecified atom stereocenters. The lowest BCUT2D eigenvalue weighted by molar-refractivity contribution is -0.138. The topological polar surface area (TPSA) is 83.8 Å². The number of aryl methyl sites for hydroxylation is 2. The summed E-state index contributed by atoms with van der Waals surface area (Å²) in [5.74, 6) is -0.886. The van der Waals surface area contributed by atoms with Crippen molar-refractivity contribution in [2.75, 3.05) is 0 Å². The Bertz CT molecular complexity index is 917. The van der Waals surface area contributed by atoms with E-state index in [1.54, 1.807) is 0 Å². The van der Waals surface area contributed by atoms with Crippen LogP contribution in [-0.2, 0) is 22.4 Å². The van der Waals surface area contributed by atoms with Gasteiger partial charge in [0.05, 0.1) is 6.10 Å². The van der Waals surface area contributed by atoms with Crippen LogP contribution in [0, 0.1) is 0 Å². The van der Waals surface area contributed by atoms with Crippen molar-refractivity contribution in [1.29, 1.82) is 0 Å². The van der Waals surface area contributed by atoms with Crippen LogP contribution in [0.1, 0.15) is 101 Å². The number of carboxylic acid groups (broad SMARTS) is 2. The highest BCUT2D eigenvalue weighted by Crippen LogP contribution is 2.20. The summed E-state index contributed by atoms with van der Waals surface area (Å²) in [6, 6.07) is 18.5. The van der Waals surface area contributed by atoms with Crippen LogP contribution in [0.15, 0.2) is 54.6 Å². The molecule has 0 radical (unpaired) electrons. The fourth-order valence-corrected chi connectivity index (χ4v) is 4.95. The first-order valence-corrected chi connectivity index (χ1v) is 14.8. The summed E-state index contributed by atoms with van der Waals surface area (Å²) < 4.78 is 6.06. The molecule has 210 valence electrons. The van der Waals surface area contributed by atoms with E-state index < -0.39 is 17.3 Å². The van der Waals surface area contributed by atoms with E-state index in [0.29, 0.717) is 12.8 Å². The van der Waals surface area contributed by atoms with Crippen molar-refractivity contribution in [1.82, 2.24) is 0 Å². The number of benzene rings is 2. The molecule has 0 bridgehead atoms. The second-order valence-corrected chi connectivity index (χ2v) is 10.7. The van der Waals surface area contributed by atoms with Gasteiger partial charge in [-0.3, -0.25) is 9.59 Å². The zero-order valence-electron chi connectivity index (χ0n) is 22.7. The molecule has 0 saturated heterocycles. The number of carbonyl (C=O) groups is 2. The lowest BCUT2D eigenvalue weighted by Gasteiger charge is -2.18. The van der Waals surface area contributed by atoms with E-state index >= 15 is 0 Å². The summed E-state index contributed by atoms with van der Waals surface area (Å²) >= 11 is 5.76. The number of rotatable bonds is 22. The lowest BCUT2D eigenvalue weighted by atomic mass is 9.96. The largest absolute Gasteiger partial charge is 0.490 e. The fourth-order valence-electron chi connectivity index (χ4n) is 4.79. The van der Waals surface area contributed by atoms with Crippen LogP contribution < -0.4 is 4.74 Å². The lowest BCUT2D eigenvalue weighted by Crippen LogP contribution is -2.18.